The Balaban J connectivity index is 1.84. The number of aromatic nitrogens is 4. The zero-order valence-electron chi connectivity index (χ0n) is 14.4. The van der Waals surface area contributed by atoms with Crippen molar-refractivity contribution in [2.45, 2.75) is 10.2 Å². The smallest absolute Gasteiger partial charge is 0.250 e. The number of nitrogens with one attached hydrogen (secondary N) is 1. The van der Waals surface area contributed by atoms with E-state index >= 15 is 0 Å². The minimum absolute atomic E-state index is 0.0497. The topological polar surface area (TPSA) is 72.8 Å². The van der Waals surface area contributed by atoms with Crippen molar-refractivity contribution >= 4 is 40.8 Å². The van der Waals surface area contributed by atoms with Crippen molar-refractivity contribution in [1.29, 1.82) is 0 Å². The highest BCUT2D eigenvalue weighted by molar-refractivity contribution is 6.66. The van der Waals surface area contributed by atoms with Gasteiger partial charge in [-0.15, -0.1) is 0 Å². The number of pyridine rings is 1. The number of nitrogens with zero attached hydrogens (tertiary/aromatic N) is 4. The van der Waals surface area contributed by atoms with Gasteiger partial charge in [0.05, 0.1) is 7.11 Å². The van der Waals surface area contributed by atoms with Gasteiger partial charge in [-0.3, -0.25) is 4.98 Å². The molecule has 0 bridgehead atoms. The van der Waals surface area contributed by atoms with Gasteiger partial charge in [-0.05, 0) is 36.4 Å². The molecule has 1 aromatic carbocycles. The first-order valence-corrected chi connectivity index (χ1v) is 9.20. The summed E-state index contributed by atoms with van der Waals surface area (Å²) in [6.07, 6.45) is 2.45. The molecule has 0 saturated heterocycles. The van der Waals surface area contributed by atoms with Crippen LogP contribution >= 0.6 is 34.8 Å². The summed E-state index contributed by atoms with van der Waals surface area (Å²) in [5.74, 6) is 1.50. The van der Waals surface area contributed by atoms with Gasteiger partial charge in [0.15, 0.2) is 11.6 Å². The number of benzene rings is 1. The Morgan fingerprint density at radius 3 is 2.41 bits per heavy atom. The molecule has 2 aromatic heterocycles. The molecule has 0 aliphatic rings. The molecule has 3 aromatic rings. The summed E-state index contributed by atoms with van der Waals surface area (Å²) in [4.78, 5) is 17.2. The maximum atomic E-state index is 5.99. The van der Waals surface area contributed by atoms with E-state index < -0.39 is 3.79 Å². The molecule has 0 amide bonds. The first-order valence-electron chi connectivity index (χ1n) is 8.07. The monoisotopic (exact) mass is 423 g/mol. The first-order chi connectivity index (χ1) is 13.0. The van der Waals surface area contributed by atoms with Gasteiger partial charge >= 0.3 is 0 Å². The summed E-state index contributed by atoms with van der Waals surface area (Å²) in [6.45, 7) is 0.572. The predicted molar refractivity (Wildman–Crippen MR) is 107 cm³/mol. The second-order valence-corrected chi connectivity index (χ2v) is 7.81. The van der Waals surface area contributed by atoms with Crippen LogP contribution in [0.5, 0.6) is 5.75 Å². The van der Waals surface area contributed by atoms with Crippen molar-refractivity contribution in [3.05, 3.63) is 60.2 Å². The van der Waals surface area contributed by atoms with Crippen molar-refractivity contribution < 1.29 is 4.74 Å². The summed E-state index contributed by atoms with van der Waals surface area (Å²) in [7, 11) is 1.60. The third kappa shape index (κ3) is 5.42. The molecule has 2 heterocycles. The lowest BCUT2D eigenvalue weighted by atomic mass is 10.2. The quantitative estimate of drug-likeness (QED) is 0.590. The fraction of sp³-hybridized carbons (Fsp3) is 0.222. The Bertz CT molecular complexity index is 886. The Kier molecular flexibility index (Phi) is 6.31. The number of anilines is 1. The molecular formula is C18H16Cl3N5O. The first kappa shape index (κ1) is 19.6. The normalized spacial score (nSPS) is 11.3. The number of hydrogen-bond donors (Lipinski definition) is 1. The number of rotatable bonds is 6. The van der Waals surface area contributed by atoms with Crippen LogP contribution in [0.4, 0.5) is 5.95 Å². The molecule has 6 nitrogen and oxygen atoms in total. The van der Waals surface area contributed by atoms with Crippen LogP contribution in [-0.2, 0) is 10.2 Å². The van der Waals surface area contributed by atoms with E-state index in [9.17, 15) is 0 Å². The van der Waals surface area contributed by atoms with Gasteiger partial charge in [-0.1, -0.05) is 40.9 Å². The van der Waals surface area contributed by atoms with Gasteiger partial charge in [0.1, 0.15) is 5.75 Å². The summed E-state index contributed by atoms with van der Waals surface area (Å²) in [6, 6.07) is 13.0. The highest BCUT2D eigenvalue weighted by Gasteiger charge is 2.28. The maximum Gasteiger partial charge on any atom is 0.250 e. The molecule has 0 saturated carbocycles. The number of ether oxygens (including phenoxy) is 1. The van der Waals surface area contributed by atoms with Crippen LogP contribution in [-0.4, -0.2) is 33.6 Å². The molecule has 0 unspecified atom stereocenters. The average Bonchev–Trinajstić information content (AvgIpc) is 2.68. The van der Waals surface area contributed by atoms with E-state index in [-0.39, 0.29) is 5.82 Å². The van der Waals surface area contributed by atoms with Gasteiger partial charge in [-0.25, -0.2) is 4.98 Å². The Morgan fingerprint density at radius 2 is 1.78 bits per heavy atom. The Labute approximate surface area is 171 Å². The standard InChI is InChI=1S/C18H16Cl3N5O/c1-27-14-7-5-12(6-8-14)15-24-16(18(19,20)21)26-17(25-15)23-11-9-13-4-2-3-10-22-13/h2-8,10H,9,11H2,1H3,(H,23,24,25,26). The molecule has 0 spiro atoms. The minimum atomic E-state index is -1.76. The fourth-order valence-electron chi connectivity index (χ4n) is 2.30. The highest BCUT2D eigenvalue weighted by Crippen LogP contribution is 2.36. The molecule has 140 valence electrons. The van der Waals surface area contributed by atoms with E-state index in [1.807, 2.05) is 42.5 Å². The van der Waals surface area contributed by atoms with E-state index in [0.29, 0.717) is 24.7 Å². The molecule has 0 aliphatic carbocycles. The van der Waals surface area contributed by atoms with Crippen molar-refractivity contribution in [3.8, 4) is 17.1 Å². The van der Waals surface area contributed by atoms with Crippen LogP contribution in [0, 0.1) is 0 Å². The third-order valence-corrected chi connectivity index (χ3v) is 4.13. The molecular weight excluding hydrogens is 409 g/mol. The van der Waals surface area contributed by atoms with Crippen molar-refractivity contribution in [1.82, 2.24) is 19.9 Å². The molecule has 27 heavy (non-hydrogen) atoms. The van der Waals surface area contributed by atoms with Gasteiger partial charge in [0.25, 0.3) is 0 Å². The van der Waals surface area contributed by atoms with E-state index in [1.165, 1.54) is 0 Å². The van der Waals surface area contributed by atoms with Crippen LogP contribution in [0.3, 0.4) is 0 Å². The van der Waals surface area contributed by atoms with Crippen LogP contribution in [0.2, 0.25) is 0 Å². The van der Waals surface area contributed by atoms with Gasteiger partial charge in [0, 0.05) is 30.4 Å². The number of hydrogen-bond acceptors (Lipinski definition) is 6. The summed E-state index contributed by atoms with van der Waals surface area (Å²) < 4.78 is 3.40. The molecule has 0 radical (unpaired) electrons. The molecule has 3 rings (SSSR count). The molecule has 1 N–H and O–H groups in total. The van der Waals surface area contributed by atoms with E-state index in [1.54, 1.807) is 13.3 Å². The average molecular weight is 425 g/mol. The number of alkyl halides is 3. The van der Waals surface area contributed by atoms with E-state index in [2.05, 4.69) is 25.3 Å². The second kappa shape index (κ2) is 8.69. The van der Waals surface area contributed by atoms with Crippen LogP contribution < -0.4 is 10.1 Å². The Hall–Kier alpha value is -2.15. The van der Waals surface area contributed by atoms with Gasteiger partial charge < -0.3 is 10.1 Å². The van der Waals surface area contributed by atoms with E-state index in [0.717, 1.165) is 17.0 Å². The summed E-state index contributed by atoms with van der Waals surface area (Å²) in [5, 5.41) is 3.14. The van der Waals surface area contributed by atoms with Crippen molar-refractivity contribution in [2.24, 2.45) is 0 Å². The lowest BCUT2D eigenvalue weighted by molar-refractivity contribution is 0.415. The number of halogens is 3. The highest BCUT2D eigenvalue weighted by atomic mass is 35.6. The summed E-state index contributed by atoms with van der Waals surface area (Å²) in [5.41, 5.74) is 1.71. The van der Waals surface area contributed by atoms with Gasteiger partial charge in [0.2, 0.25) is 9.74 Å². The lowest BCUT2D eigenvalue weighted by Crippen LogP contribution is -2.15. The summed E-state index contributed by atoms with van der Waals surface area (Å²) >= 11 is 18.0. The lowest BCUT2D eigenvalue weighted by Gasteiger charge is -2.13. The fourth-order valence-corrected chi connectivity index (χ4v) is 2.55. The van der Waals surface area contributed by atoms with Crippen molar-refractivity contribution in [2.75, 3.05) is 19.0 Å². The Morgan fingerprint density at radius 1 is 1.00 bits per heavy atom. The van der Waals surface area contributed by atoms with Crippen LogP contribution in [0.1, 0.15) is 11.5 Å². The molecule has 9 heteroatoms. The zero-order valence-corrected chi connectivity index (χ0v) is 16.6. The molecule has 0 aliphatic heterocycles. The van der Waals surface area contributed by atoms with Crippen LogP contribution in [0.25, 0.3) is 11.4 Å². The maximum absolute atomic E-state index is 5.99. The minimum Gasteiger partial charge on any atom is -0.497 e. The largest absolute Gasteiger partial charge is 0.497 e. The predicted octanol–water partition coefficient (Wildman–Crippen LogP) is 4.42. The second-order valence-electron chi connectivity index (χ2n) is 5.53. The SMILES string of the molecule is COc1ccc(-c2nc(NCCc3ccccn3)nc(C(Cl)(Cl)Cl)n2)cc1. The van der Waals surface area contributed by atoms with E-state index in [4.69, 9.17) is 39.5 Å². The third-order valence-electron chi connectivity index (χ3n) is 3.63. The molecule has 0 atom stereocenters. The molecule has 0 fully saturated rings. The number of methoxy groups -OCH3 is 1. The zero-order chi connectivity index (χ0) is 19.3. The van der Waals surface area contributed by atoms with Gasteiger partial charge in [-0.2, -0.15) is 9.97 Å². The van der Waals surface area contributed by atoms with Crippen LogP contribution in [0.15, 0.2) is 48.7 Å². The van der Waals surface area contributed by atoms with Crippen molar-refractivity contribution in [3.63, 3.8) is 0 Å².